The van der Waals surface area contributed by atoms with Crippen molar-refractivity contribution in [2.75, 3.05) is 10.6 Å². The molecule has 1 aliphatic heterocycles. The summed E-state index contributed by atoms with van der Waals surface area (Å²) in [6.45, 7) is 4.25. The van der Waals surface area contributed by atoms with Crippen molar-refractivity contribution >= 4 is 22.9 Å². The molecule has 0 aromatic carbocycles. The highest BCUT2D eigenvalue weighted by Gasteiger charge is 2.48. The van der Waals surface area contributed by atoms with E-state index >= 15 is 0 Å². The van der Waals surface area contributed by atoms with Crippen LogP contribution in [0.1, 0.15) is 95.2 Å². The van der Waals surface area contributed by atoms with E-state index in [9.17, 15) is 10.2 Å². The van der Waals surface area contributed by atoms with Gasteiger partial charge in [0.2, 0.25) is 17.7 Å². The molecule has 4 heterocycles. The van der Waals surface area contributed by atoms with E-state index < -0.39 is 24.5 Å². The Bertz CT molecular complexity index is 1250. The van der Waals surface area contributed by atoms with E-state index in [1.807, 2.05) is 0 Å². The Morgan fingerprint density at radius 3 is 2.47 bits per heavy atom. The molecule has 0 spiro atoms. The first-order chi connectivity index (χ1) is 18.4. The van der Waals surface area contributed by atoms with Gasteiger partial charge >= 0.3 is 0 Å². The van der Waals surface area contributed by atoms with Gasteiger partial charge in [0.25, 0.3) is 0 Å². The highest BCUT2D eigenvalue weighted by atomic mass is 16.6. The van der Waals surface area contributed by atoms with Crippen molar-refractivity contribution < 1.29 is 19.4 Å². The number of hydrogen-bond acceptors (Lipinski definition) is 12. The molecule has 13 nitrogen and oxygen atoms in total. The van der Waals surface area contributed by atoms with Crippen molar-refractivity contribution in [1.82, 2.24) is 29.7 Å². The second-order valence-corrected chi connectivity index (χ2v) is 10.8. The Morgan fingerprint density at radius 1 is 1.03 bits per heavy atom. The largest absolute Gasteiger partial charge is 0.422 e. The number of ether oxygens (including phenoxy) is 1. The SMILES string of the molecule is CCC(CC)Nc1nc(NC2CCC(N)CC2)nc2c1ncn2[C@@H]1O[C@H](c2nnc(C3CC3)o2)[C@@H](O)[C@H]1O. The van der Waals surface area contributed by atoms with Crippen LogP contribution in [-0.4, -0.2) is 70.3 Å². The zero-order valence-corrected chi connectivity index (χ0v) is 21.8. The number of hydrogen-bond donors (Lipinski definition) is 5. The Morgan fingerprint density at radius 2 is 1.76 bits per heavy atom. The van der Waals surface area contributed by atoms with Crippen LogP contribution in [0.5, 0.6) is 0 Å². The van der Waals surface area contributed by atoms with E-state index in [1.165, 1.54) is 0 Å². The van der Waals surface area contributed by atoms with Gasteiger partial charge in [-0.2, -0.15) is 9.97 Å². The topological polar surface area (TPSA) is 182 Å². The smallest absolute Gasteiger partial charge is 0.248 e. The number of imidazole rings is 1. The number of anilines is 2. The second-order valence-electron chi connectivity index (χ2n) is 10.8. The van der Waals surface area contributed by atoms with Crippen molar-refractivity contribution in [3.63, 3.8) is 0 Å². The molecule has 2 aliphatic carbocycles. The quantitative estimate of drug-likeness (QED) is 0.274. The van der Waals surface area contributed by atoms with Gasteiger partial charge in [0, 0.05) is 24.0 Å². The zero-order valence-electron chi connectivity index (χ0n) is 21.8. The van der Waals surface area contributed by atoms with Crippen LogP contribution in [0.15, 0.2) is 10.7 Å². The van der Waals surface area contributed by atoms with E-state index in [-0.39, 0.29) is 29.9 Å². The zero-order chi connectivity index (χ0) is 26.4. The average molecular weight is 528 g/mol. The van der Waals surface area contributed by atoms with Crippen molar-refractivity contribution in [2.45, 2.75) is 114 Å². The maximum absolute atomic E-state index is 11.0. The Balaban J connectivity index is 1.32. The van der Waals surface area contributed by atoms with Crippen molar-refractivity contribution in [3.05, 3.63) is 18.1 Å². The van der Waals surface area contributed by atoms with E-state index in [0.29, 0.717) is 28.8 Å². The first kappa shape index (κ1) is 25.4. The third-order valence-corrected chi connectivity index (χ3v) is 7.99. The highest BCUT2D eigenvalue weighted by Crippen LogP contribution is 2.43. The van der Waals surface area contributed by atoms with Crippen LogP contribution in [0.4, 0.5) is 11.8 Å². The number of rotatable bonds is 9. The molecule has 3 aromatic heterocycles. The fourth-order valence-electron chi connectivity index (χ4n) is 5.35. The third kappa shape index (κ3) is 4.83. The summed E-state index contributed by atoms with van der Waals surface area (Å²) in [6, 6.07) is 0.684. The monoisotopic (exact) mass is 527 g/mol. The van der Waals surface area contributed by atoms with Gasteiger partial charge in [0.15, 0.2) is 29.3 Å². The normalized spacial score (nSPS) is 29.8. The highest BCUT2D eigenvalue weighted by molar-refractivity contribution is 5.84. The van der Waals surface area contributed by atoms with Gasteiger partial charge in [0.05, 0.1) is 6.33 Å². The van der Waals surface area contributed by atoms with Crippen LogP contribution in [0.25, 0.3) is 11.2 Å². The first-order valence-electron chi connectivity index (χ1n) is 13.8. The minimum absolute atomic E-state index is 0.161. The van der Waals surface area contributed by atoms with Gasteiger partial charge in [-0.05, 0) is 51.4 Å². The first-order valence-corrected chi connectivity index (χ1v) is 13.8. The Hall–Kier alpha value is -2.87. The Labute approximate surface area is 220 Å². The molecule has 13 heteroatoms. The summed E-state index contributed by atoms with van der Waals surface area (Å²) in [7, 11) is 0. The minimum Gasteiger partial charge on any atom is -0.422 e. The lowest BCUT2D eigenvalue weighted by Crippen LogP contribution is -2.33. The fourth-order valence-corrected chi connectivity index (χ4v) is 5.35. The molecular weight excluding hydrogens is 490 g/mol. The lowest BCUT2D eigenvalue weighted by molar-refractivity contribution is -0.0439. The number of nitrogens with one attached hydrogen (secondary N) is 2. The molecule has 0 amide bonds. The molecule has 0 radical (unpaired) electrons. The molecule has 2 saturated carbocycles. The number of fused-ring (bicyclic) bond motifs is 1. The third-order valence-electron chi connectivity index (χ3n) is 7.99. The van der Waals surface area contributed by atoms with Crippen molar-refractivity contribution in [2.24, 2.45) is 5.73 Å². The van der Waals surface area contributed by atoms with Crippen molar-refractivity contribution in [3.8, 4) is 0 Å². The van der Waals surface area contributed by atoms with E-state index in [4.69, 9.17) is 24.9 Å². The molecule has 4 atom stereocenters. The summed E-state index contributed by atoms with van der Waals surface area (Å²) >= 11 is 0. The van der Waals surface area contributed by atoms with Crippen LogP contribution >= 0.6 is 0 Å². The molecule has 206 valence electrons. The molecule has 0 bridgehead atoms. The van der Waals surface area contributed by atoms with Crippen LogP contribution < -0.4 is 16.4 Å². The number of aromatic nitrogens is 6. The molecule has 38 heavy (non-hydrogen) atoms. The van der Waals surface area contributed by atoms with Gasteiger partial charge in [-0.3, -0.25) is 4.57 Å². The van der Waals surface area contributed by atoms with E-state index in [1.54, 1.807) is 10.9 Å². The average Bonchev–Trinajstić information content (AvgIpc) is 3.38. The number of nitrogens with zero attached hydrogens (tertiary/aromatic N) is 6. The molecule has 3 aromatic rings. The summed E-state index contributed by atoms with van der Waals surface area (Å²) in [5, 5.41) is 37.0. The molecule has 3 aliphatic rings. The number of aliphatic hydroxyl groups is 2. The summed E-state index contributed by atoms with van der Waals surface area (Å²) in [4.78, 5) is 14.2. The minimum atomic E-state index is -1.25. The van der Waals surface area contributed by atoms with Gasteiger partial charge in [-0.1, -0.05) is 13.8 Å². The molecule has 0 unspecified atom stereocenters. The summed E-state index contributed by atoms with van der Waals surface area (Å²) in [5.74, 6) is 2.08. The molecule has 1 saturated heterocycles. The predicted molar refractivity (Wildman–Crippen MR) is 138 cm³/mol. The standard InChI is InChI=1S/C25H37N9O4/c1-3-14(4-2)28-20-16-21(31-25(30-20)29-15-9-7-13(26)8-10-15)34(11-27-16)24-18(36)17(35)19(37-24)23-33-32-22(38-23)12-5-6-12/h11-15,17-19,24,35-36H,3-10,26H2,1-2H3,(H2,28,29,30,31)/t13?,15?,17-,18+,19-,24+/m0/s1. The summed E-state index contributed by atoms with van der Waals surface area (Å²) in [6.07, 6.45) is 4.83. The van der Waals surface area contributed by atoms with E-state index in [2.05, 4.69) is 39.7 Å². The lowest BCUT2D eigenvalue weighted by Gasteiger charge is -2.27. The molecular formula is C25H37N9O4. The van der Waals surface area contributed by atoms with Gasteiger partial charge in [-0.15, -0.1) is 10.2 Å². The molecule has 3 fully saturated rings. The van der Waals surface area contributed by atoms with Crippen molar-refractivity contribution in [1.29, 1.82) is 0 Å². The predicted octanol–water partition coefficient (Wildman–Crippen LogP) is 2.36. The maximum Gasteiger partial charge on any atom is 0.248 e. The van der Waals surface area contributed by atoms with Crippen LogP contribution in [0, 0.1) is 0 Å². The van der Waals surface area contributed by atoms with Crippen LogP contribution in [0.2, 0.25) is 0 Å². The fraction of sp³-hybridized carbons (Fsp3) is 0.720. The lowest BCUT2D eigenvalue weighted by atomic mass is 9.92. The van der Waals surface area contributed by atoms with Gasteiger partial charge in [0.1, 0.15) is 12.2 Å². The van der Waals surface area contributed by atoms with E-state index in [0.717, 1.165) is 51.4 Å². The maximum atomic E-state index is 11.0. The van der Waals surface area contributed by atoms with Gasteiger partial charge in [-0.25, -0.2) is 4.98 Å². The number of aliphatic hydroxyl groups excluding tert-OH is 2. The second kappa shape index (κ2) is 10.4. The number of nitrogens with two attached hydrogens (primary N) is 1. The summed E-state index contributed by atoms with van der Waals surface area (Å²) < 4.78 is 13.5. The van der Waals surface area contributed by atoms with Crippen LogP contribution in [-0.2, 0) is 4.74 Å². The Kier molecular flexibility index (Phi) is 6.93. The van der Waals surface area contributed by atoms with Crippen LogP contribution in [0.3, 0.4) is 0 Å². The molecule has 6 N–H and O–H groups in total. The van der Waals surface area contributed by atoms with Gasteiger partial charge < -0.3 is 35.7 Å². The summed E-state index contributed by atoms with van der Waals surface area (Å²) in [5.41, 5.74) is 7.15. The molecule has 6 rings (SSSR count).